The van der Waals surface area contributed by atoms with Gasteiger partial charge in [0.1, 0.15) is 5.75 Å². The lowest BCUT2D eigenvalue weighted by molar-refractivity contribution is -0.134. The predicted molar refractivity (Wildman–Crippen MR) is 130 cm³/mol. The third-order valence-electron chi connectivity index (χ3n) is 6.85. The molecule has 5 rings (SSSR count). The number of carbonyl (C=O) groups is 1. The van der Waals surface area contributed by atoms with E-state index in [1.807, 2.05) is 42.2 Å². The zero-order valence-electron chi connectivity index (χ0n) is 19.8. The Morgan fingerprint density at radius 3 is 2.71 bits per heavy atom. The van der Waals surface area contributed by atoms with Gasteiger partial charge in [0.2, 0.25) is 12.7 Å². The van der Waals surface area contributed by atoms with Crippen molar-refractivity contribution < 1.29 is 23.4 Å². The van der Waals surface area contributed by atoms with Crippen LogP contribution in [-0.4, -0.2) is 42.3 Å². The van der Waals surface area contributed by atoms with E-state index in [4.69, 9.17) is 14.2 Å². The summed E-state index contributed by atoms with van der Waals surface area (Å²) in [4.78, 5) is 18.5. The van der Waals surface area contributed by atoms with E-state index in [1.165, 1.54) is 17.8 Å². The molecule has 0 radical (unpaired) electrons. The quantitative estimate of drug-likeness (QED) is 0.440. The molecular weight excluding hydrogens is 447 g/mol. The van der Waals surface area contributed by atoms with Crippen molar-refractivity contribution in [2.45, 2.75) is 32.6 Å². The number of likely N-dealkylation sites (tertiary alicyclic amines) is 1. The second-order valence-corrected chi connectivity index (χ2v) is 9.16. The molecule has 1 saturated heterocycles. The molecule has 7 heteroatoms. The van der Waals surface area contributed by atoms with E-state index in [2.05, 4.69) is 17.1 Å². The molecule has 1 fully saturated rings. The maximum absolute atomic E-state index is 13.4. The molecule has 1 amide bonds. The number of amides is 1. The molecule has 0 saturated carbocycles. The molecule has 2 aliphatic rings. The molecule has 0 unspecified atom stereocenters. The monoisotopic (exact) mass is 476 g/mol. The van der Waals surface area contributed by atoms with Crippen LogP contribution in [0.25, 0.3) is 11.1 Å². The number of piperidine rings is 1. The number of pyridine rings is 1. The third kappa shape index (κ3) is 5.39. The first-order chi connectivity index (χ1) is 17.1. The molecule has 2 aromatic carbocycles. The highest BCUT2D eigenvalue weighted by atomic mass is 19.1. The maximum atomic E-state index is 13.4. The molecule has 0 aliphatic carbocycles. The van der Waals surface area contributed by atoms with E-state index in [9.17, 15) is 9.18 Å². The van der Waals surface area contributed by atoms with Crippen molar-refractivity contribution in [1.29, 1.82) is 0 Å². The Morgan fingerprint density at radius 2 is 1.89 bits per heavy atom. The van der Waals surface area contributed by atoms with E-state index >= 15 is 0 Å². The maximum Gasteiger partial charge on any atom is 0.260 e. The zero-order valence-corrected chi connectivity index (χ0v) is 19.8. The van der Waals surface area contributed by atoms with Gasteiger partial charge in [-0.1, -0.05) is 24.3 Å². The van der Waals surface area contributed by atoms with Crippen molar-refractivity contribution in [3.05, 3.63) is 71.8 Å². The van der Waals surface area contributed by atoms with E-state index in [1.54, 1.807) is 0 Å². The van der Waals surface area contributed by atoms with Crippen LogP contribution in [0.4, 0.5) is 4.39 Å². The van der Waals surface area contributed by atoms with Crippen LogP contribution in [0.1, 0.15) is 30.4 Å². The number of benzene rings is 2. The molecule has 0 bridgehead atoms. The smallest absolute Gasteiger partial charge is 0.260 e. The van der Waals surface area contributed by atoms with Crippen molar-refractivity contribution >= 4 is 5.91 Å². The predicted octanol–water partition coefficient (Wildman–Crippen LogP) is 5.18. The van der Waals surface area contributed by atoms with Gasteiger partial charge in [-0.05, 0) is 73.9 Å². The first-order valence-electron chi connectivity index (χ1n) is 12.1. The van der Waals surface area contributed by atoms with Crippen LogP contribution in [-0.2, 0) is 11.2 Å². The summed E-state index contributed by atoms with van der Waals surface area (Å²) in [5.74, 6) is 2.31. The van der Waals surface area contributed by atoms with Crippen molar-refractivity contribution in [3.63, 3.8) is 0 Å². The number of carbonyl (C=O) groups excluding carboxylic acids is 1. The van der Waals surface area contributed by atoms with Crippen LogP contribution in [0.3, 0.4) is 0 Å². The lowest BCUT2D eigenvalue weighted by atomic mass is 9.90. The van der Waals surface area contributed by atoms with Gasteiger partial charge in [-0.15, -0.1) is 0 Å². The molecule has 35 heavy (non-hydrogen) atoms. The van der Waals surface area contributed by atoms with Crippen molar-refractivity contribution in [3.8, 4) is 28.4 Å². The molecule has 0 atom stereocenters. The number of aromatic nitrogens is 1. The van der Waals surface area contributed by atoms with E-state index < -0.39 is 5.95 Å². The molecule has 6 nitrogen and oxygen atoms in total. The minimum absolute atomic E-state index is 0.0111. The number of halogens is 1. The normalized spacial score (nSPS) is 15.3. The number of nitrogens with zero attached hydrogens (tertiary/aromatic N) is 2. The van der Waals surface area contributed by atoms with Crippen molar-refractivity contribution in [1.82, 2.24) is 9.88 Å². The van der Waals surface area contributed by atoms with Crippen LogP contribution in [0, 0.1) is 18.8 Å². The van der Waals surface area contributed by atoms with Crippen LogP contribution >= 0.6 is 0 Å². The summed E-state index contributed by atoms with van der Waals surface area (Å²) in [5, 5.41) is 0. The van der Waals surface area contributed by atoms with Crippen LogP contribution < -0.4 is 14.2 Å². The molecule has 0 N–H and O–H groups in total. The van der Waals surface area contributed by atoms with Gasteiger partial charge in [0.05, 0.1) is 0 Å². The van der Waals surface area contributed by atoms with Gasteiger partial charge < -0.3 is 19.1 Å². The Kier molecular flexibility index (Phi) is 6.84. The standard InChI is InChI=1S/C28H29FN2O4/c1-19-14-27(29)30-16-23(19)22-4-2-3-5-24(22)33-17-28(32)31-12-10-20(11-13-31)6-7-21-8-9-25-26(15-21)35-18-34-25/h2-5,8-9,14-16,20H,6-7,10-13,17-18H2,1H3. The minimum Gasteiger partial charge on any atom is -0.483 e. The largest absolute Gasteiger partial charge is 0.483 e. The minimum atomic E-state index is -0.515. The number of rotatable bonds is 7. The van der Waals surface area contributed by atoms with Crippen LogP contribution in [0.15, 0.2) is 54.7 Å². The Bertz CT molecular complexity index is 1210. The molecule has 1 aromatic heterocycles. The van der Waals surface area contributed by atoms with Crippen molar-refractivity contribution in [2.75, 3.05) is 26.5 Å². The molecule has 3 heterocycles. The number of hydrogen-bond donors (Lipinski definition) is 0. The number of fused-ring (bicyclic) bond motifs is 1. The summed E-state index contributed by atoms with van der Waals surface area (Å²) in [6.07, 6.45) is 5.58. The summed E-state index contributed by atoms with van der Waals surface area (Å²) < 4.78 is 30.2. The highest BCUT2D eigenvalue weighted by Crippen LogP contribution is 2.34. The first-order valence-corrected chi connectivity index (χ1v) is 12.1. The first kappa shape index (κ1) is 23.1. The van der Waals surface area contributed by atoms with Gasteiger partial charge in [-0.3, -0.25) is 4.79 Å². The Hall–Kier alpha value is -3.61. The molecule has 2 aliphatic heterocycles. The SMILES string of the molecule is Cc1cc(F)ncc1-c1ccccc1OCC(=O)N1CCC(CCc2ccc3c(c2)OCO3)CC1. The Balaban J connectivity index is 1.11. The molecular formula is C28H29FN2O4. The summed E-state index contributed by atoms with van der Waals surface area (Å²) in [6.45, 7) is 3.60. The van der Waals surface area contributed by atoms with Crippen LogP contribution in [0.2, 0.25) is 0 Å². The highest BCUT2D eigenvalue weighted by molar-refractivity contribution is 5.79. The topological polar surface area (TPSA) is 60.9 Å². The number of aryl methyl sites for hydroxylation is 2. The fraction of sp³-hybridized carbons (Fsp3) is 0.357. The Labute approximate surface area is 204 Å². The second-order valence-electron chi connectivity index (χ2n) is 9.16. The second kappa shape index (κ2) is 10.3. The average Bonchev–Trinajstić information content (AvgIpc) is 3.35. The lowest BCUT2D eigenvalue weighted by Gasteiger charge is -2.32. The number of ether oxygens (including phenoxy) is 3. The van der Waals surface area contributed by atoms with E-state index in [0.717, 1.165) is 67.0 Å². The van der Waals surface area contributed by atoms with Crippen LogP contribution in [0.5, 0.6) is 17.2 Å². The van der Waals surface area contributed by atoms with Gasteiger partial charge in [-0.2, -0.15) is 4.39 Å². The molecule has 3 aromatic rings. The number of hydrogen-bond acceptors (Lipinski definition) is 5. The fourth-order valence-corrected chi connectivity index (χ4v) is 4.79. The lowest BCUT2D eigenvalue weighted by Crippen LogP contribution is -2.41. The zero-order chi connectivity index (χ0) is 24.2. The van der Waals surface area contributed by atoms with Gasteiger partial charge in [0, 0.05) is 30.4 Å². The highest BCUT2D eigenvalue weighted by Gasteiger charge is 2.24. The van der Waals surface area contributed by atoms with E-state index in [0.29, 0.717) is 18.5 Å². The summed E-state index contributed by atoms with van der Waals surface area (Å²) in [5.41, 5.74) is 3.61. The third-order valence-corrected chi connectivity index (χ3v) is 6.85. The summed E-state index contributed by atoms with van der Waals surface area (Å²) in [6, 6.07) is 15.0. The van der Waals surface area contributed by atoms with Gasteiger partial charge in [0.25, 0.3) is 5.91 Å². The summed E-state index contributed by atoms with van der Waals surface area (Å²) in [7, 11) is 0. The molecule has 0 spiro atoms. The van der Waals surface area contributed by atoms with Crippen molar-refractivity contribution in [2.24, 2.45) is 5.92 Å². The fourth-order valence-electron chi connectivity index (χ4n) is 4.79. The number of para-hydroxylation sites is 1. The molecule has 182 valence electrons. The van der Waals surface area contributed by atoms with Gasteiger partial charge >= 0.3 is 0 Å². The Morgan fingerprint density at radius 1 is 1.09 bits per heavy atom. The average molecular weight is 477 g/mol. The van der Waals surface area contributed by atoms with Gasteiger partial charge in [-0.25, -0.2) is 4.98 Å². The summed E-state index contributed by atoms with van der Waals surface area (Å²) >= 11 is 0. The van der Waals surface area contributed by atoms with Gasteiger partial charge in [0.15, 0.2) is 18.1 Å². The van der Waals surface area contributed by atoms with E-state index in [-0.39, 0.29) is 12.5 Å².